The SMILES string of the molecule is C=C(C)C(=O)COOC(=O)CCC(=O)O. The third-order valence-corrected chi connectivity index (χ3v) is 1.36. The van der Waals surface area contributed by atoms with Gasteiger partial charge in [-0.25, -0.2) is 4.79 Å². The molecule has 0 heterocycles. The summed E-state index contributed by atoms with van der Waals surface area (Å²) >= 11 is 0. The van der Waals surface area contributed by atoms with E-state index in [1.54, 1.807) is 0 Å². The Morgan fingerprint density at radius 1 is 1.27 bits per heavy atom. The second-order valence-electron chi connectivity index (χ2n) is 2.81. The number of carboxylic acid groups (broad SMARTS) is 1. The summed E-state index contributed by atoms with van der Waals surface area (Å²) in [4.78, 5) is 40.1. The lowest BCUT2D eigenvalue weighted by Crippen LogP contribution is -2.13. The normalized spacial score (nSPS) is 9.40. The van der Waals surface area contributed by atoms with Gasteiger partial charge in [0.05, 0.1) is 12.8 Å². The van der Waals surface area contributed by atoms with E-state index in [4.69, 9.17) is 5.11 Å². The van der Waals surface area contributed by atoms with Crippen molar-refractivity contribution in [2.75, 3.05) is 6.61 Å². The van der Waals surface area contributed by atoms with Gasteiger partial charge in [0, 0.05) is 0 Å². The zero-order valence-electron chi connectivity index (χ0n) is 8.32. The molecule has 0 aromatic carbocycles. The summed E-state index contributed by atoms with van der Waals surface area (Å²) in [6.45, 7) is 4.45. The highest BCUT2D eigenvalue weighted by atomic mass is 17.2. The van der Waals surface area contributed by atoms with Crippen LogP contribution in [0.5, 0.6) is 0 Å². The summed E-state index contributed by atoms with van der Waals surface area (Å²) in [7, 11) is 0. The molecule has 0 bridgehead atoms. The van der Waals surface area contributed by atoms with E-state index in [-0.39, 0.29) is 24.2 Å². The molecule has 0 spiro atoms. The van der Waals surface area contributed by atoms with Crippen molar-refractivity contribution in [2.24, 2.45) is 0 Å². The smallest absolute Gasteiger partial charge is 0.342 e. The van der Waals surface area contributed by atoms with E-state index in [0.29, 0.717) is 0 Å². The highest BCUT2D eigenvalue weighted by Gasteiger charge is 2.09. The van der Waals surface area contributed by atoms with Crippen LogP contribution in [0.3, 0.4) is 0 Å². The van der Waals surface area contributed by atoms with Crippen LogP contribution in [0.2, 0.25) is 0 Å². The topological polar surface area (TPSA) is 89.9 Å². The Balaban J connectivity index is 3.59. The maximum atomic E-state index is 10.9. The lowest BCUT2D eigenvalue weighted by molar-refractivity contribution is -0.267. The fourth-order valence-electron chi connectivity index (χ4n) is 0.523. The molecule has 0 saturated heterocycles. The summed E-state index contributed by atoms with van der Waals surface area (Å²) in [6.07, 6.45) is -0.632. The van der Waals surface area contributed by atoms with Gasteiger partial charge in [-0.1, -0.05) is 6.58 Å². The predicted octanol–water partition coefficient (Wildman–Crippen LogP) is 0.471. The number of rotatable bonds is 7. The first-order valence-electron chi connectivity index (χ1n) is 4.16. The monoisotopic (exact) mass is 216 g/mol. The van der Waals surface area contributed by atoms with E-state index >= 15 is 0 Å². The van der Waals surface area contributed by atoms with Crippen LogP contribution < -0.4 is 0 Å². The minimum absolute atomic E-state index is 0.289. The molecule has 6 heteroatoms. The van der Waals surface area contributed by atoms with Crippen LogP contribution >= 0.6 is 0 Å². The summed E-state index contributed by atoms with van der Waals surface area (Å²) in [5.41, 5.74) is 0.289. The molecule has 0 unspecified atom stereocenters. The molecule has 0 rings (SSSR count). The largest absolute Gasteiger partial charge is 0.481 e. The quantitative estimate of drug-likeness (QED) is 0.378. The summed E-state index contributed by atoms with van der Waals surface area (Å²) < 4.78 is 0. The van der Waals surface area contributed by atoms with Crippen molar-refractivity contribution in [1.29, 1.82) is 0 Å². The Hall–Kier alpha value is -1.69. The van der Waals surface area contributed by atoms with Gasteiger partial charge in [-0.05, 0) is 12.5 Å². The summed E-state index contributed by atoms with van der Waals surface area (Å²) in [5, 5.41) is 8.23. The Bertz CT molecular complexity index is 280. The van der Waals surface area contributed by atoms with Gasteiger partial charge in [0.15, 0.2) is 12.4 Å². The summed E-state index contributed by atoms with van der Waals surface area (Å²) in [5.74, 6) is -2.32. The molecule has 0 aromatic heterocycles. The number of Topliss-reactive ketones (excluding diaryl/α,β-unsaturated/α-hetero) is 1. The van der Waals surface area contributed by atoms with Gasteiger partial charge in [0.25, 0.3) is 0 Å². The Morgan fingerprint density at radius 2 is 1.87 bits per heavy atom. The lowest BCUT2D eigenvalue weighted by atomic mass is 10.2. The molecule has 0 aliphatic rings. The number of hydrogen-bond acceptors (Lipinski definition) is 5. The molecule has 84 valence electrons. The van der Waals surface area contributed by atoms with E-state index in [1.807, 2.05) is 0 Å². The van der Waals surface area contributed by atoms with Gasteiger partial charge < -0.3 is 5.11 Å². The first-order valence-corrected chi connectivity index (χ1v) is 4.16. The van der Waals surface area contributed by atoms with Crippen molar-refractivity contribution in [2.45, 2.75) is 19.8 Å². The molecule has 0 aliphatic carbocycles. The Morgan fingerprint density at radius 3 is 2.33 bits per heavy atom. The molecule has 1 N–H and O–H groups in total. The average molecular weight is 216 g/mol. The maximum absolute atomic E-state index is 10.9. The fourth-order valence-corrected chi connectivity index (χ4v) is 0.523. The Labute approximate surface area is 86.4 Å². The van der Waals surface area contributed by atoms with Crippen molar-refractivity contribution < 1.29 is 29.3 Å². The van der Waals surface area contributed by atoms with E-state index in [9.17, 15) is 14.4 Å². The minimum Gasteiger partial charge on any atom is -0.481 e. The minimum atomic E-state index is -1.11. The van der Waals surface area contributed by atoms with Crippen LogP contribution in [-0.2, 0) is 24.2 Å². The molecule has 0 fully saturated rings. The van der Waals surface area contributed by atoms with Crippen LogP contribution in [0.15, 0.2) is 12.2 Å². The van der Waals surface area contributed by atoms with Crippen molar-refractivity contribution >= 4 is 17.7 Å². The van der Waals surface area contributed by atoms with E-state index in [2.05, 4.69) is 16.4 Å². The van der Waals surface area contributed by atoms with Crippen LogP contribution in [0.4, 0.5) is 0 Å². The van der Waals surface area contributed by atoms with Gasteiger partial charge in [-0.15, -0.1) is 0 Å². The zero-order valence-corrected chi connectivity index (χ0v) is 8.32. The highest BCUT2D eigenvalue weighted by molar-refractivity contribution is 5.95. The molecule has 0 radical (unpaired) electrons. The number of ketones is 1. The van der Waals surface area contributed by atoms with Crippen molar-refractivity contribution in [3.63, 3.8) is 0 Å². The van der Waals surface area contributed by atoms with Crippen molar-refractivity contribution in [1.82, 2.24) is 0 Å². The molecule has 0 aliphatic heterocycles. The van der Waals surface area contributed by atoms with Crippen molar-refractivity contribution in [3.05, 3.63) is 12.2 Å². The number of carboxylic acids is 1. The molecule has 0 amide bonds. The molecule has 0 atom stereocenters. The van der Waals surface area contributed by atoms with E-state index in [0.717, 1.165) is 0 Å². The van der Waals surface area contributed by atoms with Crippen LogP contribution in [-0.4, -0.2) is 29.4 Å². The van der Waals surface area contributed by atoms with Crippen molar-refractivity contribution in [3.8, 4) is 0 Å². The molecule has 0 aromatic rings. The molecular formula is C9H12O6. The third kappa shape index (κ3) is 7.39. The molecule has 6 nitrogen and oxygen atoms in total. The van der Waals surface area contributed by atoms with Gasteiger partial charge >= 0.3 is 11.9 Å². The second kappa shape index (κ2) is 6.72. The number of aliphatic carboxylic acids is 1. The molecule has 0 saturated carbocycles. The maximum Gasteiger partial charge on any atom is 0.342 e. The number of carbonyl (C=O) groups is 3. The standard InChI is InChI=1S/C9H12O6/c1-6(2)7(10)5-14-15-9(13)4-3-8(11)12/h1,3-5H2,2H3,(H,11,12). The molecular weight excluding hydrogens is 204 g/mol. The van der Waals surface area contributed by atoms with E-state index < -0.39 is 18.5 Å². The first kappa shape index (κ1) is 13.3. The predicted molar refractivity (Wildman–Crippen MR) is 48.7 cm³/mol. The van der Waals surface area contributed by atoms with Gasteiger partial charge in [-0.3, -0.25) is 14.5 Å². The highest BCUT2D eigenvalue weighted by Crippen LogP contribution is 1.95. The average Bonchev–Trinajstić information content (AvgIpc) is 2.14. The number of carbonyl (C=O) groups excluding carboxylic acids is 2. The summed E-state index contributed by atoms with van der Waals surface area (Å²) in [6, 6.07) is 0. The second-order valence-corrected chi connectivity index (χ2v) is 2.81. The van der Waals surface area contributed by atoms with Crippen LogP contribution in [0, 0.1) is 0 Å². The zero-order chi connectivity index (χ0) is 11.8. The van der Waals surface area contributed by atoms with Gasteiger partial charge in [-0.2, -0.15) is 4.89 Å². The third-order valence-electron chi connectivity index (χ3n) is 1.36. The molecule has 15 heavy (non-hydrogen) atoms. The Kier molecular flexibility index (Phi) is 5.96. The van der Waals surface area contributed by atoms with Crippen LogP contribution in [0.25, 0.3) is 0 Å². The fraction of sp³-hybridized carbons (Fsp3) is 0.444. The van der Waals surface area contributed by atoms with Crippen LogP contribution in [0.1, 0.15) is 19.8 Å². The first-order chi connectivity index (χ1) is 6.93. The van der Waals surface area contributed by atoms with Gasteiger partial charge in [0.1, 0.15) is 0 Å². The van der Waals surface area contributed by atoms with Gasteiger partial charge in [0.2, 0.25) is 0 Å². The lowest BCUT2D eigenvalue weighted by Gasteiger charge is -2.01. The number of hydrogen-bond donors (Lipinski definition) is 1. The van der Waals surface area contributed by atoms with E-state index in [1.165, 1.54) is 6.92 Å².